The summed E-state index contributed by atoms with van der Waals surface area (Å²) in [4.78, 5) is 23.4. The van der Waals surface area contributed by atoms with E-state index in [9.17, 15) is 23.3 Å². The molecule has 2 N–H and O–H groups in total. The number of carbonyl (C=O) groups is 2. The van der Waals surface area contributed by atoms with Crippen molar-refractivity contribution in [2.75, 3.05) is 10.6 Å². The molecule has 2 amide bonds. The molecule has 10 heteroatoms. The van der Waals surface area contributed by atoms with Gasteiger partial charge in [-0.2, -0.15) is 13.7 Å². The molecular formula is C24H18ClN3O5S. The summed E-state index contributed by atoms with van der Waals surface area (Å²) in [6.45, 7) is 1.34. The van der Waals surface area contributed by atoms with Crippen LogP contribution in [0.3, 0.4) is 0 Å². The molecule has 0 aliphatic carbocycles. The average molecular weight is 496 g/mol. The number of nitrogens with one attached hydrogen (secondary N) is 2. The van der Waals surface area contributed by atoms with Crippen LogP contribution < -0.4 is 14.8 Å². The summed E-state index contributed by atoms with van der Waals surface area (Å²) in [5, 5.41) is 15.0. The molecule has 0 bridgehead atoms. The van der Waals surface area contributed by atoms with Crippen LogP contribution in [0.15, 0.2) is 83.3 Å². The van der Waals surface area contributed by atoms with Crippen LogP contribution in [0.5, 0.6) is 5.75 Å². The predicted molar refractivity (Wildman–Crippen MR) is 129 cm³/mol. The first kappa shape index (κ1) is 24.5. The fourth-order valence-electron chi connectivity index (χ4n) is 2.82. The van der Waals surface area contributed by atoms with E-state index in [2.05, 4.69) is 10.6 Å². The minimum atomic E-state index is -4.16. The van der Waals surface area contributed by atoms with Crippen molar-refractivity contribution >= 4 is 51.0 Å². The van der Waals surface area contributed by atoms with Crippen molar-refractivity contribution in [3.05, 3.63) is 89.0 Å². The Balaban J connectivity index is 1.77. The van der Waals surface area contributed by atoms with E-state index in [0.717, 1.165) is 0 Å². The van der Waals surface area contributed by atoms with Crippen molar-refractivity contribution in [1.82, 2.24) is 0 Å². The Morgan fingerprint density at radius 2 is 1.68 bits per heavy atom. The molecule has 0 fully saturated rings. The van der Waals surface area contributed by atoms with Crippen molar-refractivity contribution in [3.63, 3.8) is 0 Å². The fourth-order valence-corrected chi connectivity index (χ4v) is 3.93. The lowest BCUT2D eigenvalue weighted by molar-refractivity contribution is -0.114. The number of hydrogen-bond acceptors (Lipinski definition) is 6. The summed E-state index contributed by atoms with van der Waals surface area (Å²) >= 11 is 5.90. The molecule has 0 spiro atoms. The smallest absolute Gasteiger partial charge is 0.339 e. The van der Waals surface area contributed by atoms with Gasteiger partial charge in [-0.15, -0.1) is 0 Å². The van der Waals surface area contributed by atoms with Gasteiger partial charge in [0.25, 0.3) is 5.91 Å². The van der Waals surface area contributed by atoms with Gasteiger partial charge in [-0.05, 0) is 66.2 Å². The minimum Gasteiger partial charge on any atom is -0.379 e. The van der Waals surface area contributed by atoms with Crippen LogP contribution in [-0.4, -0.2) is 20.2 Å². The second-order valence-electron chi connectivity index (χ2n) is 6.95. The third-order valence-corrected chi connectivity index (χ3v) is 5.78. The van der Waals surface area contributed by atoms with Crippen LogP contribution in [0.1, 0.15) is 12.5 Å². The monoisotopic (exact) mass is 495 g/mol. The zero-order valence-electron chi connectivity index (χ0n) is 17.8. The highest BCUT2D eigenvalue weighted by Gasteiger charge is 2.17. The van der Waals surface area contributed by atoms with E-state index in [1.807, 2.05) is 6.07 Å². The zero-order valence-corrected chi connectivity index (χ0v) is 19.4. The summed E-state index contributed by atoms with van der Waals surface area (Å²) < 4.78 is 30.4. The lowest BCUT2D eigenvalue weighted by atomic mass is 10.1. The summed E-state index contributed by atoms with van der Waals surface area (Å²) in [7, 11) is -4.16. The molecule has 0 atom stereocenters. The number of hydrogen-bond donors (Lipinski definition) is 2. The van der Waals surface area contributed by atoms with E-state index in [-0.39, 0.29) is 22.1 Å². The Morgan fingerprint density at radius 1 is 0.971 bits per heavy atom. The molecule has 0 aromatic heterocycles. The maximum Gasteiger partial charge on any atom is 0.339 e. The molecule has 0 aliphatic heterocycles. The Morgan fingerprint density at radius 3 is 2.32 bits per heavy atom. The van der Waals surface area contributed by atoms with Gasteiger partial charge in [-0.3, -0.25) is 9.59 Å². The number of halogens is 1. The van der Waals surface area contributed by atoms with Crippen LogP contribution >= 0.6 is 11.6 Å². The van der Waals surface area contributed by atoms with Crippen LogP contribution in [0.2, 0.25) is 5.02 Å². The first-order valence-electron chi connectivity index (χ1n) is 9.77. The van der Waals surface area contributed by atoms with Gasteiger partial charge < -0.3 is 14.8 Å². The number of anilines is 2. The van der Waals surface area contributed by atoms with E-state index in [0.29, 0.717) is 22.0 Å². The molecule has 0 heterocycles. The molecule has 3 aromatic carbocycles. The second-order valence-corrected chi connectivity index (χ2v) is 8.93. The van der Waals surface area contributed by atoms with Gasteiger partial charge in [0.05, 0.1) is 0 Å². The van der Waals surface area contributed by atoms with E-state index in [4.69, 9.17) is 15.8 Å². The number of carbonyl (C=O) groups excluding carboxylic acids is 2. The Bertz CT molecular complexity index is 1410. The predicted octanol–water partition coefficient (Wildman–Crippen LogP) is 4.61. The molecule has 172 valence electrons. The zero-order chi connectivity index (χ0) is 24.7. The van der Waals surface area contributed by atoms with Crippen LogP contribution in [-0.2, 0) is 19.7 Å². The standard InChI is InChI=1S/C24H18ClN3O5S/c1-16(29)27-20-8-10-23(11-9-20)34(31,32)33-22-7-2-4-17(13-22)12-18(15-26)24(30)28-21-6-3-5-19(25)14-21/h2-14H,1H3,(H,27,29)(H,28,30)/b18-12+. The Kier molecular flexibility index (Phi) is 7.68. The summed E-state index contributed by atoms with van der Waals surface area (Å²) in [5.41, 5.74) is 1.05. The second kappa shape index (κ2) is 10.7. The SMILES string of the molecule is CC(=O)Nc1ccc(S(=O)(=O)Oc2cccc(/C=C(\C#N)C(=O)Nc3cccc(Cl)c3)c2)cc1. The highest BCUT2D eigenvalue weighted by atomic mass is 35.5. The number of rotatable bonds is 7. The molecule has 0 aliphatic rings. The van der Waals surface area contributed by atoms with Crippen molar-refractivity contribution in [2.24, 2.45) is 0 Å². The Hall–Kier alpha value is -4.13. The number of amides is 2. The molecule has 34 heavy (non-hydrogen) atoms. The van der Waals surface area contributed by atoms with Gasteiger partial charge in [0, 0.05) is 23.3 Å². The summed E-state index contributed by atoms with van der Waals surface area (Å²) in [6, 6.07) is 19.7. The third-order valence-electron chi connectivity index (χ3n) is 4.29. The highest BCUT2D eigenvalue weighted by molar-refractivity contribution is 7.87. The molecular weight excluding hydrogens is 478 g/mol. The average Bonchev–Trinajstić information content (AvgIpc) is 2.77. The van der Waals surface area contributed by atoms with E-state index >= 15 is 0 Å². The van der Waals surface area contributed by atoms with Crippen molar-refractivity contribution in [2.45, 2.75) is 11.8 Å². The van der Waals surface area contributed by atoms with Gasteiger partial charge in [-0.1, -0.05) is 29.8 Å². The summed E-state index contributed by atoms with van der Waals surface area (Å²) in [6.07, 6.45) is 1.31. The maximum absolute atomic E-state index is 12.6. The number of nitriles is 1. The number of benzene rings is 3. The van der Waals surface area contributed by atoms with Crippen LogP contribution in [0.25, 0.3) is 6.08 Å². The lowest BCUT2D eigenvalue weighted by Crippen LogP contribution is -2.13. The van der Waals surface area contributed by atoms with Gasteiger partial charge >= 0.3 is 10.1 Å². The molecule has 3 aromatic rings. The van der Waals surface area contributed by atoms with Gasteiger partial charge in [-0.25, -0.2) is 0 Å². The van der Waals surface area contributed by atoms with Crippen LogP contribution in [0.4, 0.5) is 11.4 Å². The van der Waals surface area contributed by atoms with Gasteiger partial charge in [0.2, 0.25) is 5.91 Å². The van der Waals surface area contributed by atoms with E-state index in [1.165, 1.54) is 61.5 Å². The summed E-state index contributed by atoms with van der Waals surface area (Å²) in [5.74, 6) is -0.940. The van der Waals surface area contributed by atoms with Crippen LogP contribution in [0, 0.1) is 11.3 Å². The molecule has 3 rings (SSSR count). The number of nitrogens with zero attached hydrogens (tertiary/aromatic N) is 1. The van der Waals surface area contributed by atoms with E-state index in [1.54, 1.807) is 24.3 Å². The third kappa shape index (κ3) is 6.68. The first-order valence-corrected chi connectivity index (χ1v) is 11.6. The quantitative estimate of drug-likeness (QED) is 0.280. The normalized spacial score (nSPS) is 11.3. The minimum absolute atomic E-state index is 0.00720. The Labute approximate surface area is 201 Å². The molecule has 0 radical (unpaired) electrons. The molecule has 8 nitrogen and oxygen atoms in total. The van der Waals surface area contributed by atoms with Gasteiger partial charge in [0.15, 0.2) is 0 Å². The largest absolute Gasteiger partial charge is 0.379 e. The highest BCUT2D eigenvalue weighted by Crippen LogP contribution is 2.23. The fraction of sp³-hybridized carbons (Fsp3) is 0.0417. The molecule has 0 unspecified atom stereocenters. The first-order chi connectivity index (χ1) is 16.2. The topological polar surface area (TPSA) is 125 Å². The molecule has 0 saturated carbocycles. The van der Waals surface area contributed by atoms with E-state index < -0.39 is 16.0 Å². The lowest BCUT2D eigenvalue weighted by Gasteiger charge is -2.09. The van der Waals surface area contributed by atoms with Crippen molar-refractivity contribution < 1.29 is 22.2 Å². The van der Waals surface area contributed by atoms with Gasteiger partial charge in [0.1, 0.15) is 22.3 Å². The molecule has 0 saturated heterocycles. The van der Waals surface area contributed by atoms with Crippen molar-refractivity contribution in [3.8, 4) is 11.8 Å². The van der Waals surface area contributed by atoms with Crippen molar-refractivity contribution in [1.29, 1.82) is 5.26 Å². The maximum atomic E-state index is 12.6.